The second-order valence-corrected chi connectivity index (χ2v) is 6.77. The lowest BCUT2D eigenvalue weighted by Crippen LogP contribution is -2.27. The summed E-state index contributed by atoms with van der Waals surface area (Å²) in [5.74, 6) is -0.636. The summed E-state index contributed by atoms with van der Waals surface area (Å²) in [6, 6.07) is 13.7. The largest absolute Gasteiger partial charge is 0.458 e. The van der Waals surface area contributed by atoms with Crippen molar-refractivity contribution in [1.82, 2.24) is 0 Å². The highest BCUT2D eigenvalue weighted by Crippen LogP contribution is 2.38. The minimum atomic E-state index is -4.53. The summed E-state index contributed by atoms with van der Waals surface area (Å²) >= 11 is 0. The fourth-order valence-electron chi connectivity index (χ4n) is 2.50. The molecule has 0 bridgehead atoms. The van der Waals surface area contributed by atoms with E-state index in [1.165, 1.54) is 18.2 Å². The van der Waals surface area contributed by atoms with Gasteiger partial charge in [-0.25, -0.2) is 4.79 Å². The number of carbonyl (C=O) groups is 1. The number of halogens is 3. The number of hydrogen-bond donors (Lipinski definition) is 0. The van der Waals surface area contributed by atoms with E-state index in [-0.39, 0.29) is 5.56 Å². The summed E-state index contributed by atoms with van der Waals surface area (Å²) in [4.78, 5) is 11.9. The summed E-state index contributed by atoms with van der Waals surface area (Å²) in [6.07, 6.45) is -5.57. The summed E-state index contributed by atoms with van der Waals surface area (Å²) < 4.78 is 51.0. The van der Waals surface area contributed by atoms with E-state index < -0.39 is 36.0 Å². The summed E-state index contributed by atoms with van der Waals surface area (Å²) in [5.41, 5.74) is -1.02. The first kappa shape index (κ1) is 20.0. The van der Waals surface area contributed by atoms with Gasteiger partial charge in [0.05, 0.1) is 5.56 Å². The van der Waals surface area contributed by atoms with Crippen molar-refractivity contribution in [1.29, 1.82) is 0 Å². The highest BCUT2D eigenvalue weighted by Gasteiger charge is 2.36. The zero-order valence-corrected chi connectivity index (χ0v) is 14.8. The molecule has 0 aliphatic carbocycles. The zero-order valence-electron chi connectivity index (χ0n) is 14.8. The molecule has 3 nitrogen and oxygen atoms in total. The van der Waals surface area contributed by atoms with E-state index in [4.69, 9.17) is 9.47 Å². The van der Waals surface area contributed by atoms with E-state index >= 15 is 0 Å². The van der Waals surface area contributed by atoms with Crippen molar-refractivity contribution in [2.45, 2.75) is 38.7 Å². The van der Waals surface area contributed by atoms with Crippen molar-refractivity contribution >= 4 is 5.97 Å². The van der Waals surface area contributed by atoms with Crippen LogP contribution in [0.5, 0.6) is 0 Å². The second kappa shape index (κ2) is 7.91. The molecule has 0 aliphatic heterocycles. The Morgan fingerprint density at radius 2 is 1.54 bits per heavy atom. The second-order valence-electron chi connectivity index (χ2n) is 6.77. The first-order chi connectivity index (χ1) is 12.1. The van der Waals surface area contributed by atoms with Crippen molar-refractivity contribution in [2.24, 2.45) is 0 Å². The molecule has 0 heterocycles. The first-order valence-electron chi connectivity index (χ1n) is 8.12. The van der Waals surface area contributed by atoms with Crippen molar-refractivity contribution in [2.75, 3.05) is 6.61 Å². The molecule has 0 saturated carbocycles. The maximum absolute atomic E-state index is 13.4. The van der Waals surface area contributed by atoms with E-state index in [1.54, 1.807) is 51.1 Å². The van der Waals surface area contributed by atoms with Crippen LogP contribution in [0, 0.1) is 0 Å². The van der Waals surface area contributed by atoms with Gasteiger partial charge in [0.15, 0.2) is 0 Å². The third kappa shape index (κ3) is 5.59. The van der Waals surface area contributed by atoms with E-state index in [9.17, 15) is 18.0 Å². The Morgan fingerprint density at radius 3 is 2.12 bits per heavy atom. The lowest BCUT2D eigenvalue weighted by molar-refractivity contribution is -0.161. The van der Waals surface area contributed by atoms with Crippen molar-refractivity contribution in [3.8, 4) is 0 Å². The molecule has 140 valence electrons. The Morgan fingerprint density at radius 1 is 0.962 bits per heavy atom. The van der Waals surface area contributed by atoms with Gasteiger partial charge in [-0.1, -0.05) is 48.5 Å². The first-order valence-corrected chi connectivity index (χ1v) is 8.12. The maximum atomic E-state index is 13.4. The van der Waals surface area contributed by atoms with Crippen LogP contribution in [0.1, 0.15) is 43.6 Å². The van der Waals surface area contributed by atoms with Crippen LogP contribution >= 0.6 is 0 Å². The molecule has 0 amide bonds. The molecule has 0 radical (unpaired) electrons. The minimum absolute atomic E-state index is 0.0465. The average molecular weight is 366 g/mol. The topological polar surface area (TPSA) is 35.5 Å². The highest BCUT2D eigenvalue weighted by molar-refractivity contribution is 5.71. The molecule has 26 heavy (non-hydrogen) atoms. The maximum Gasteiger partial charge on any atom is 0.416 e. The summed E-state index contributed by atoms with van der Waals surface area (Å²) in [6.45, 7) is 4.67. The summed E-state index contributed by atoms with van der Waals surface area (Å²) in [5, 5.41) is 0. The lowest BCUT2D eigenvalue weighted by atomic mass is 9.96. The van der Waals surface area contributed by atoms with Gasteiger partial charge >= 0.3 is 12.1 Å². The van der Waals surface area contributed by atoms with Gasteiger partial charge in [0.25, 0.3) is 0 Å². The smallest absolute Gasteiger partial charge is 0.416 e. The van der Waals surface area contributed by atoms with Crippen molar-refractivity contribution < 1.29 is 27.4 Å². The lowest BCUT2D eigenvalue weighted by Gasteiger charge is -2.24. The molecule has 6 heteroatoms. The number of benzene rings is 2. The van der Waals surface area contributed by atoms with Crippen LogP contribution in [-0.4, -0.2) is 18.2 Å². The van der Waals surface area contributed by atoms with Crippen LogP contribution in [0.2, 0.25) is 0 Å². The van der Waals surface area contributed by atoms with Gasteiger partial charge in [-0.15, -0.1) is 0 Å². The molecule has 1 unspecified atom stereocenters. The molecule has 0 fully saturated rings. The van der Waals surface area contributed by atoms with Crippen LogP contribution < -0.4 is 0 Å². The molecule has 0 aliphatic rings. The Bertz CT molecular complexity index is 734. The quantitative estimate of drug-likeness (QED) is 0.686. The Balaban J connectivity index is 2.34. The average Bonchev–Trinajstić information content (AvgIpc) is 2.54. The minimum Gasteiger partial charge on any atom is -0.458 e. The number of rotatable bonds is 5. The SMILES string of the molecule is CC(C)(C)OC(=O)COC(c1ccccc1)c1ccccc1C(F)(F)F. The van der Waals surface area contributed by atoms with Crippen LogP contribution in [0.15, 0.2) is 54.6 Å². The van der Waals surface area contributed by atoms with Gasteiger partial charge < -0.3 is 9.47 Å². The molecular formula is C20H21F3O3. The van der Waals surface area contributed by atoms with Gasteiger partial charge in [-0.05, 0) is 38.0 Å². The Labute approximate surface area is 150 Å². The fourth-order valence-corrected chi connectivity index (χ4v) is 2.50. The molecular weight excluding hydrogens is 345 g/mol. The van der Waals surface area contributed by atoms with Crippen molar-refractivity contribution in [3.63, 3.8) is 0 Å². The molecule has 2 aromatic carbocycles. The van der Waals surface area contributed by atoms with Gasteiger partial charge in [0.2, 0.25) is 0 Å². The van der Waals surface area contributed by atoms with Crippen LogP contribution in [-0.2, 0) is 20.4 Å². The van der Waals surface area contributed by atoms with Crippen molar-refractivity contribution in [3.05, 3.63) is 71.3 Å². The Kier molecular flexibility index (Phi) is 6.08. The van der Waals surface area contributed by atoms with Crippen LogP contribution in [0.25, 0.3) is 0 Å². The third-order valence-electron chi connectivity index (χ3n) is 3.44. The van der Waals surface area contributed by atoms with E-state index in [2.05, 4.69) is 0 Å². The van der Waals surface area contributed by atoms with Crippen LogP contribution in [0.4, 0.5) is 13.2 Å². The van der Waals surface area contributed by atoms with Gasteiger partial charge in [-0.3, -0.25) is 0 Å². The number of alkyl halides is 3. The fraction of sp³-hybridized carbons (Fsp3) is 0.350. The molecule has 2 aromatic rings. The van der Waals surface area contributed by atoms with E-state index in [0.717, 1.165) is 6.07 Å². The molecule has 0 saturated heterocycles. The molecule has 0 spiro atoms. The number of ether oxygens (including phenoxy) is 2. The number of esters is 1. The summed E-state index contributed by atoms with van der Waals surface area (Å²) in [7, 11) is 0. The molecule has 1 atom stereocenters. The predicted molar refractivity (Wildman–Crippen MR) is 91.5 cm³/mol. The number of hydrogen-bond acceptors (Lipinski definition) is 3. The van der Waals surface area contributed by atoms with E-state index in [0.29, 0.717) is 5.56 Å². The van der Waals surface area contributed by atoms with Gasteiger partial charge in [0.1, 0.15) is 18.3 Å². The zero-order chi connectivity index (χ0) is 19.4. The molecule has 2 rings (SSSR count). The van der Waals surface area contributed by atoms with Crippen LogP contribution in [0.3, 0.4) is 0 Å². The predicted octanol–water partition coefficient (Wildman–Crippen LogP) is 5.15. The normalized spacial score (nSPS) is 13.3. The standard InChI is InChI=1S/C20H21F3O3/c1-19(2,3)26-17(24)13-25-18(14-9-5-4-6-10-14)15-11-7-8-12-16(15)20(21,22)23/h4-12,18H,13H2,1-3H3. The monoisotopic (exact) mass is 366 g/mol. The van der Waals surface area contributed by atoms with Gasteiger partial charge in [0, 0.05) is 0 Å². The van der Waals surface area contributed by atoms with E-state index in [1.807, 2.05) is 0 Å². The third-order valence-corrected chi connectivity index (χ3v) is 3.44. The highest BCUT2D eigenvalue weighted by atomic mass is 19.4. The molecule has 0 N–H and O–H groups in total. The number of carbonyl (C=O) groups excluding carboxylic acids is 1. The molecule has 0 aromatic heterocycles. The van der Waals surface area contributed by atoms with Gasteiger partial charge in [-0.2, -0.15) is 13.2 Å². The Hall–Kier alpha value is -2.34.